The molecule has 0 bridgehead atoms. The Morgan fingerprint density at radius 2 is 2.21 bits per heavy atom. The van der Waals surface area contributed by atoms with Gasteiger partial charge in [0.1, 0.15) is 5.82 Å². The zero-order valence-corrected chi connectivity index (χ0v) is 11.9. The van der Waals surface area contributed by atoms with Gasteiger partial charge in [0.15, 0.2) is 0 Å². The minimum absolute atomic E-state index is 0.156. The summed E-state index contributed by atoms with van der Waals surface area (Å²) in [7, 11) is 0. The zero-order chi connectivity index (χ0) is 13.7. The van der Waals surface area contributed by atoms with Crippen LogP contribution in [0, 0.1) is 11.8 Å². The third-order valence-corrected chi connectivity index (χ3v) is 4.04. The van der Waals surface area contributed by atoms with Crippen LogP contribution in [0.2, 0.25) is 0 Å². The van der Waals surface area contributed by atoms with Gasteiger partial charge in [-0.05, 0) is 24.7 Å². The first-order chi connectivity index (χ1) is 9.20. The summed E-state index contributed by atoms with van der Waals surface area (Å²) >= 11 is 0. The molecule has 1 saturated carbocycles. The van der Waals surface area contributed by atoms with E-state index in [1.54, 1.807) is 0 Å². The fourth-order valence-corrected chi connectivity index (χ4v) is 2.74. The Labute approximate surface area is 114 Å². The molecule has 0 radical (unpaired) electrons. The molecule has 19 heavy (non-hydrogen) atoms. The fraction of sp³-hybridized carbons (Fsp3) is 0.786. The molecule has 2 unspecified atom stereocenters. The lowest BCUT2D eigenvalue weighted by Crippen LogP contribution is -2.34. The standard InChI is InChI=1S/C14H24N4O/c1-3-6-12-16-13(18-17-12)14(19)15-9-11-8-5-4-7-10(11)2/h10-11H,3-9H2,1-2H3,(H,15,19)(H,16,17,18). The van der Waals surface area contributed by atoms with E-state index in [2.05, 4.69) is 34.3 Å². The third kappa shape index (κ3) is 3.78. The van der Waals surface area contributed by atoms with Crippen molar-refractivity contribution < 1.29 is 4.79 Å². The van der Waals surface area contributed by atoms with E-state index >= 15 is 0 Å². The van der Waals surface area contributed by atoms with Gasteiger partial charge in [-0.15, -0.1) is 5.10 Å². The molecule has 1 fully saturated rings. The van der Waals surface area contributed by atoms with Crippen molar-refractivity contribution in [3.63, 3.8) is 0 Å². The van der Waals surface area contributed by atoms with Crippen LogP contribution < -0.4 is 5.32 Å². The molecule has 0 saturated heterocycles. The molecule has 1 amide bonds. The first kappa shape index (κ1) is 14.0. The number of aromatic nitrogens is 3. The summed E-state index contributed by atoms with van der Waals surface area (Å²) in [6.45, 7) is 5.10. The SMILES string of the molecule is CCCc1nc(C(=O)NCC2CCCCC2C)n[nH]1. The van der Waals surface area contributed by atoms with Crippen LogP contribution in [0.25, 0.3) is 0 Å². The molecule has 1 aliphatic carbocycles. The summed E-state index contributed by atoms with van der Waals surface area (Å²) < 4.78 is 0. The molecule has 1 aliphatic rings. The second kappa shape index (κ2) is 6.68. The van der Waals surface area contributed by atoms with Gasteiger partial charge in [-0.2, -0.15) is 0 Å². The summed E-state index contributed by atoms with van der Waals surface area (Å²) in [4.78, 5) is 16.2. The topological polar surface area (TPSA) is 70.7 Å². The Kier molecular flexibility index (Phi) is 4.93. The number of nitrogens with zero attached hydrogens (tertiary/aromatic N) is 2. The van der Waals surface area contributed by atoms with Crippen molar-refractivity contribution in [3.05, 3.63) is 11.6 Å². The van der Waals surface area contributed by atoms with Crippen LogP contribution in [0.5, 0.6) is 0 Å². The van der Waals surface area contributed by atoms with Crippen molar-refractivity contribution in [1.29, 1.82) is 0 Å². The van der Waals surface area contributed by atoms with Crippen LogP contribution in [-0.4, -0.2) is 27.6 Å². The van der Waals surface area contributed by atoms with Crippen molar-refractivity contribution in [2.24, 2.45) is 11.8 Å². The molecular weight excluding hydrogens is 240 g/mol. The molecule has 0 spiro atoms. The number of hydrogen-bond acceptors (Lipinski definition) is 3. The van der Waals surface area contributed by atoms with Gasteiger partial charge in [-0.1, -0.05) is 33.1 Å². The number of rotatable bonds is 5. The first-order valence-electron chi connectivity index (χ1n) is 7.40. The number of amides is 1. The van der Waals surface area contributed by atoms with Gasteiger partial charge in [-0.3, -0.25) is 9.89 Å². The van der Waals surface area contributed by atoms with Crippen LogP contribution in [0.4, 0.5) is 0 Å². The van der Waals surface area contributed by atoms with Crippen molar-refractivity contribution >= 4 is 5.91 Å². The molecule has 5 heteroatoms. The van der Waals surface area contributed by atoms with Gasteiger partial charge in [0.2, 0.25) is 5.82 Å². The van der Waals surface area contributed by atoms with Crippen LogP contribution in [-0.2, 0) is 6.42 Å². The minimum atomic E-state index is -0.156. The highest BCUT2D eigenvalue weighted by Gasteiger charge is 2.22. The fourth-order valence-electron chi connectivity index (χ4n) is 2.74. The quantitative estimate of drug-likeness (QED) is 0.857. The molecule has 1 aromatic rings. The van der Waals surface area contributed by atoms with Gasteiger partial charge in [0.25, 0.3) is 5.91 Å². The monoisotopic (exact) mass is 264 g/mol. The molecule has 2 atom stereocenters. The average molecular weight is 264 g/mol. The van der Waals surface area contributed by atoms with E-state index < -0.39 is 0 Å². The van der Waals surface area contributed by atoms with E-state index in [9.17, 15) is 4.79 Å². The van der Waals surface area contributed by atoms with Gasteiger partial charge in [0.05, 0.1) is 0 Å². The second-order valence-corrected chi connectivity index (χ2v) is 5.59. The second-order valence-electron chi connectivity index (χ2n) is 5.59. The van der Waals surface area contributed by atoms with Crippen LogP contribution in [0.3, 0.4) is 0 Å². The smallest absolute Gasteiger partial charge is 0.290 e. The van der Waals surface area contributed by atoms with E-state index in [0.717, 1.165) is 25.2 Å². The predicted molar refractivity (Wildman–Crippen MR) is 73.8 cm³/mol. The third-order valence-electron chi connectivity index (χ3n) is 4.04. The number of nitrogens with one attached hydrogen (secondary N) is 2. The summed E-state index contributed by atoms with van der Waals surface area (Å²) in [6.07, 6.45) is 6.94. The molecule has 1 aromatic heterocycles. The van der Waals surface area contributed by atoms with E-state index in [4.69, 9.17) is 0 Å². The van der Waals surface area contributed by atoms with Gasteiger partial charge in [0, 0.05) is 13.0 Å². The molecule has 0 aromatic carbocycles. The average Bonchev–Trinajstić information content (AvgIpc) is 2.87. The highest BCUT2D eigenvalue weighted by molar-refractivity contribution is 5.90. The highest BCUT2D eigenvalue weighted by atomic mass is 16.2. The summed E-state index contributed by atoms with van der Waals surface area (Å²) in [5, 5.41) is 9.75. The van der Waals surface area contributed by atoms with Gasteiger partial charge in [-0.25, -0.2) is 4.98 Å². The molecule has 0 aliphatic heterocycles. The number of aromatic amines is 1. The van der Waals surface area contributed by atoms with Crippen molar-refractivity contribution in [3.8, 4) is 0 Å². The maximum atomic E-state index is 12.0. The molecular formula is C14H24N4O. The first-order valence-corrected chi connectivity index (χ1v) is 7.40. The lowest BCUT2D eigenvalue weighted by Gasteiger charge is -2.28. The van der Waals surface area contributed by atoms with Gasteiger partial charge >= 0.3 is 0 Å². The maximum absolute atomic E-state index is 12.0. The molecule has 1 heterocycles. The molecule has 106 valence electrons. The zero-order valence-electron chi connectivity index (χ0n) is 11.9. The number of carbonyl (C=O) groups excluding carboxylic acids is 1. The van der Waals surface area contributed by atoms with Crippen molar-refractivity contribution in [1.82, 2.24) is 20.5 Å². The molecule has 5 nitrogen and oxygen atoms in total. The Balaban J connectivity index is 1.82. The van der Waals surface area contributed by atoms with Gasteiger partial charge < -0.3 is 5.32 Å². The van der Waals surface area contributed by atoms with E-state index in [1.807, 2.05) is 0 Å². The molecule has 2 N–H and O–H groups in total. The van der Waals surface area contributed by atoms with Crippen molar-refractivity contribution in [2.45, 2.75) is 52.4 Å². The summed E-state index contributed by atoms with van der Waals surface area (Å²) in [5.74, 6) is 2.21. The Morgan fingerprint density at radius 3 is 2.95 bits per heavy atom. The lowest BCUT2D eigenvalue weighted by atomic mass is 9.80. The lowest BCUT2D eigenvalue weighted by molar-refractivity contribution is 0.0926. The highest BCUT2D eigenvalue weighted by Crippen LogP contribution is 2.28. The van der Waals surface area contributed by atoms with Crippen LogP contribution in [0.1, 0.15) is 62.4 Å². The predicted octanol–water partition coefficient (Wildman–Crippen LogP) is 2.31. The Morgan fingerprint density at radius 1 is 1.42 bits per heavy atom. The van der Waals surface area contributed by atoms with E-state index in [-0.39, 0.29) is 11.7 Å². The maximum Gasteiger partial charge on any atom is 0.290 e. The van der Waals surface area contributed by atoms with Crippen LogP contribution in [0.15, 0.2) is 0 Å². The minimum Gasteiger partial charge on any atom is -0.349 e. The van der Waals surface area contributed by atoms with Crippen LogP contribution >= 0.6 is 0 Å². The summed E-state index contributed by atoms with van der Waals surface area (Å²) in [5.41, 5.74) is 0. The van der Waals surface area contributed by atoms with E-state index in [1.165, 1.54) is 25.7 Å². The normalized spacial score (nSPS) is 23.3. The Hall–Kier alpha value is -1.39. The van der Waals surface area contributed by atoms with Crippen molar-refractivity contribution in [2.75, 3.05) is 6.54 Å². The number of carbonyl (C=O) groups is 1. The summed E-state index contributed by atoms with van der Waals surface area (Å²) in [6, 6.07) is 0. The van der Waals surface area contributed by atoms with E-state index in [0.29, 0.717) is 11.8 Å². The Bertz CT molecular complexity index is 415. The largest absolute Gasteiger partial charge is 0.349 e. The molecule has 2 rings (SSSR count). The number of H-pyrrole nitrogens is 1. The number of aryl methyl sites for hydroxylation is 1. The number of hydrogen-bond donors (Lipinski definition) is 2.